The molecule has 0 fully saturated rings. The Hall–Kier alpha value is -0.493. The van der Waals surface area contributed by atoms with Crippen molar-refractivity contribution in [1.82, 2.24) is 0 Å². The molecule has 0 N–H and O–H groups in total. The number of alkyl halides is 9. The molecule has 0 saturated carbocycles. The molecule has 23 heavy (non-hydrogen) atoms. The van der Waals surface area contributed by atoms with Crippen molar-refractivity contribution in [3.8, 4) is 0 Å². The summed E-state index contributed by atoms with van der Waals surface area (Å²) in [6.07, 6.45) is -8.59. The van der Waals surface area contributed by atoms with Gasteiger partial charge in [0.15, 0.2) is 0 Å². The maximum absolute atomic E-state index is 13.3. The van der Waals surface area contributed by atoms with E-state index in [0.717, 1.165) is 0 Å². The predicted octanol–water partition coefficient (Wildman–Crippen LogP) is 3.79. The van der Waals surface area contributed by atoms with Crippen LogP contribution in [0, 0.1) is 0 Å². The third-order valence-corrected chi connectivity index (χ3v) is 4.55. The molecule has 0 unspecified atom stereocenters. The van der Waals surface area contributed by atoms with E-state index in [0.29, 0.717) is 0 Å². The van der Waals surface area contributed by atoms with E-state index in [1.54, 1.807) is 13.8 Å². The molecule has 140 valence electrons. The number of ether oxygens (including phenoxy) is 2. The van der Waals surface area contributed by atoms with Crippen LogP contribution < -0.4 is 0 Å². The molecule has 2 nitrogen and oxygen atoms in total. The molecule has 0 rings (SSSR count). The van der Waals surface area contributed by atoms with Crippen LogP contribution >= 0.6 is 0 Å². The fourth-order valence-corrected chi connectivity index (χ4v) is 3.43. The minimum absolute atomic E-state index is 0.149. The molecule has 0 spiro atoms. The van der Waals surface area contributed by atoms with Crippen molar-refractivity contribution in [1.29, 1.82) is 0 Å². The molecule has 0 aliphatic carbocycles. The molecule has 0 amide bonds. The second kappa shape index (κ2) is 8.06. The summed E-state index contributed by atoms with van der Waals surface area (Å²) in [4.78, 5) is 0. The lowest BCUT2D eigenvalue weighted by Gasteiger charge is -2.33. The molecule has 12 heteroatoms. The van der Waals surface area contributed by atoms with Crippen LogP contribution in [0.1, 0.15) is 20.3 Å². The highest BCUT2D eigenvalue weighted by molar-refractivity contribution is 6.36. The standard InChI is InChI=1S/C11H17F9O2Si/c1-3-21-7(22-4-2)23-6-5-8(12,13)9(14,15)10(16,17)11(18,19)20/h7H,3-6,23H2,1-2H3. The van der Waals surface area contributed by atoms with Gasteiger partial charge in [-0.1, -0.05) is 6.04 Å². The lowest BCUT2D eigenvalue weighted by molar-refractivity contribution is -0.396. The Balaban J connectivity index is 4.91. The molecule has 0 aromatic rings. The van der Waals surface area contributed by atoms with E-state index in [1.807, 2.05) is 0 Å². The molecule has 0 bridgehead atoms. The van der Waals surface area contributed by atoms with Gasteiger partial charge in [-0.05, 0) is 13.8 Å². The molecule has 0 atom stereocenters. The number of halogens is 9. The van der Waals surface area contributed by atoms with Gasteiger partial charge < -0.3 is 9.47 Å². The van der Waals surface area contributed by atoms with E-state index in [-0.39, 0.29) is 13.2 Å². The highest BCUT2D eigenvalue weighted by Gasteiger charge is 2.81. The highest BCUT2D eigenvalue weighted by atomic mass is 28.2. The zero-order chi connectivity index (χ0) is 18.5. The fourth-order valence-electron chi connectivity index (χ4n) is 1.64. The van der Waals surface area contributed by atoms with Crippen molar-refractivity contribution in [2.45, 2.75) is 56.2 Å². The Morgan fingerprint density at radius 1 is 0.783 bits per heavy atom. The van der Waals surface area contributed by atoms with Gasteiger partial charge in [-0.15, -0.1) is 0 Å². The van der Waals surface area contributed by atoms with Crippen LogP contribution in [-0.4, -0.2) is 52.6 Å². The molecule has 0 saturated heterocycles. The zero-order valence-electron chi connectivity index (χ0n) is 12.3. The predicted molar refractivity (Wildman–Crippen MR) is 65.9 cm³/mol. The number of rotatable bonds is 10. The Morgan fingerprint density at radius 3 is 1.57 bits per heavy atom. The van der Waals surface area contributed by atoms with Gasteiger partial charge in [0.2, 0.25) is 0 Å². The molecule has 0 aromatic heterocycles. The first-order valence-electron chi connectivity index (χ1n) is 6.68. The summed E-state index contributed by atoms with van der Waals surface area (Å²) >= 11 is 0. The number of hydrogen-bond donors (Lipinski definition) is 0. The van der Waals surface area contributed by atoms with Gasteiger partial charge in [0.1, 0.15) is 5.91 Å². The average molecular weight is 380 g/mol. The van der Waals surface area contributed by atoms with E-state index in [9.17, 15) is 39.5 Å². The van der Waals surface area contributed by atoms with Gasteiger partial charge in [0.25, 0.3) is 0 Å². The maximum Gasteiger partial charge on any atom is 0.460 e. The average Bonchev–Trinajstić information content (AvgIpc) is 2.37. The van der Waals surface area contributed by atoms with Crippen molar-refractivity contribution in [2.24, 2.45) is 0 Å². The Morgan fingerprint density at radius 2 is 1.22 bits per heavy atom. The molecule has 0 heterocycles. The summed E-state index contributed by atoms with van der Waals surface area (Å²) in [5.74, 6) is -19.8. The summed E-state index contributed by atoms with van der Waals surface area (Å²) in [6, 6.07) is -0.652. The lowest BCUT2D eigenvalue weighted by atomic mass is 10.0. The highest BCUT2D eigenvalue weighted by Crippen LogP contribution is 2.54. The molecule has 0 aliphatic rings. The van der Waals surface area contributed by atoms with E-state index >= 15 is 0 Å². The van der Waals surface area contributed by atoms with E-state index in [1.165, 1.54) is 0 Å². The minimum Gasteiger partial charge on any atom is -0.357 e. The van der Waals surface area contributed by atoms with Crippen LogP contribution in [0.2, 0.25) is 6.04 Å². The summed E-state index contributed by atoms with van der Waals surface area (Å²) in [5.41, 5.74) is 0. The van der Waals surface area contributed by atoms with Gasteiger partial charge >= 0.3 is 23.9 Å². The normalized spacial score (nSPS) is 15.1. The van der Waals surface area contributed by atoms with Crippen molar-refractivity contribution < 1.29 is 49.0 Å². The first-order valence-corrected chi connectivity index (χ1v) is 8.49. The lowest BCUT2D eigenvalue weighted by Crippen LogP contribution is -2.60. The first kappa shape index (κ1) is 22.5. The van der Waals surface area contributed by atoms with Gasteiger partial charge in [0.05, 0.1) is 9.52 Å². The number of hydrogen-bond acceptors (Lipinski definition) is 2. The van der Waals surface area contributed by atoms with E-state index in [4.69, 9.17) is 9.47 Å². The zero-order valence-corrected chi connectivity index (χ0v) is 13.7. The SMILES string of the molecule is CCOC(OCC)[SiH2]CCC(F)(F)C(F)(F)C(F)(F)C(F)(F)F. The monoisotopic (exact) mass is 380 g/mol. The Kier molecular flexibility index (Phi) is 7.88. The summed E-state index contributed by atoms with van der Waals surface area (Å²) in [6.45, 7) is 3.42. The molecular formula is C11H17F9O2Si. The quantitative estimate of drug-likeness (QED) is 0.326. The van der Waals surface area contributed by atoms with Gasteiger partial charge in [-0.2, -0.15) is 39.5 Å². The Labute approximate surface area is 129 Å². The second-order valence-corrected chi connectivity index (χ2v) is 6.53. The third-order valence-electron chi connectivity index (χ3n) is 2.85. The van der Waals surface area contributed by atoms with Crippen LogP contribution in [0.25, 0.3) is 0 Å². The van der Waals surface area contributed by atoms with Crippen LogP contribution in [-0.2, 0) is 9.47 Å². The smallest absolute Gasteiger partial charge is 0.357 e. The van der Waals surface area contributed by atoms with Gasteiger partial charge in [-0.25, -0.2) is 0 Å². The molecule has 0 aliphatic heterocycles. The maximum atomic E-state index is 13.3. The van der Waals surface area contributed by atoms with Crippen molar-refractivity contribution in [2.75, 3.05) is 13.2 Å². The van der Waals surface area contributed by atoms with Crippen LogP contribution in [0.3, 0.4) is 0 Å². The molecular weight excluding hydrogens is 363 g/mol. The van der Waals surface area contributed by atoms with E-state index in [2.05, 4.69) is 0 Å². The van der Waals surface area contributed by atoms with Crippen LogP contribution in [0.15, 0.2) is 0 Å². The van der Waals surface area contributed by atoms with Crippen LogP contribution in [0.4, 0.5) is 39.5 Å². The van der Waals surface area contributed by atoms with Crippen molar-refractivity contribution in [3.05, 3.63) is 0 Å². The summed E-state index contributed by atoms with van der Waals surface area (Å²) in [5, 5.41) is 0. The van der Waals surface area contributed by atoms with Crippen molar-refractivity contribution >= 4 is 9.52 Å². The second-order valence-electron chi connectivity index (χ2n) is 4.58. The minimum atomic E-state index is -6.83. The Bertz CT molecular complexity index is 354. The van der Waals surface area contributed by atoms with Gasteiger partial charge in [-0.3, -0.25) is 0 Å². The molecule has 0 aromatic carbocycles. The fraction of sp³-hybridized carbons (Fsp3) is 1.00. The first-order chi connectivity index (χ1) is 10.2. The van der Waals surface area contributed by atoms with Gasteiger partial charge in [0, 0.05) is 19.6 Å². The van der Waals surface area contributed by atoms with E-state index < -0.39 is 51.8 Å². The van der Waals surface area contributed by atoms with Crippen molar-refractivity contribution in [3.63, 3.8) is 0 Å². The molecule has 0 radical (unpaired) electrons. The summed E-state index contributed by atoms with van der Waals surface area (Å²) in [7, 11) is -1.70. The van der Waals surface area contributed by atoms with Crippen LogP contribution in [0.5, 0.6) is 0 Å². The third kappa shape index (κ3) is 5.24. The largest absolute Gasteiger partial charge is 0.460 e. The summed E-state index contributed by atoms with van der Waals surface area (Å²) < 4.78 is 124. The topological polar surface area (TPSA) is 18.5 Å².